The minimum atomic E-state index is -0.0730. The highest BCUT2D eigenvalue weighted by Crippen LogP contribution is 2.40. The summed E-state index contributed by atoms with van der Waals surface area (Å²) in [6.07, 6.45) is 4.99. The third kappa shape index (κ3) is 3.79. The van der Waals surface area contributed by atoms with Crippen molar-refractivity contribution < 1.29 is 14.3 Å². The minimum Gasteiger partial charge on any atom is -0.486 e. The third-order valence-corrected chi connectivity index (χ3v) is 7.37. The summed E-state index contributed by atoms with van der Waals surface area (Å²) in [5, 5.41) is 4.99. The van der Waals surface area contributed by atoms with Crippen LogP contribution in [0.2, 0.25) is 0 Å². The molecule has 3 heterocycles. The normalized spacial score (nSPS) is 17.8. The van der Waals surface area contributed by atoms with Gasteiger partial charge in [0.25, 0.3) is 0 Å². The summed E-state index contributed by atoms with van der Waals surface area (Å²) in [6.45, 7) is 3.37. The van der Waals surface area contributed by atoms with E-state index in [1.54, 1.807) is 23.7 Å². The molecule has 6 nitrogen and oxygen atoms in total. The summed E-state index contributed by atoms with van der Waals surface area (Å²) in [5.74, 6) is 2.32. The number of nitrogens with one attached hydrogen (secondary N) is 1. The van der Waals surface area contributed by atoms with Crippen LogP contribution in [0.1, 0.15) is 23.8 Å². The predicted octanol–water partition coefficient (Wildman–Crippen LogP) is 4.32. The lowest BCUT2D eigenvalue weighted by molar-refractivity contribution is -0.113. The van der Waals surface area contributed by atoms with Crippen molar-refractivity contribution in [3.05, 3.63) is 35.0 Å². The average Bonchev–Trinajstić information content (AvgIpc) is 3.10. The average molecular weight is 428 g/mol. The van der Waals surface area contributed by atoms with Crippen molar-refractivity contribution in [2.75, 3.05) is 24.3 Å². The summed E-state index contributed by atoms with van der Waals surface area (Å²) in [7, 11) is 0. The molecule has 1 aliphatic heterocycles. The van der Waals surface area contributed by atoms with Crippen molar-refractivity contribution in [1.82, 2.24) is 9.97 Å². The third-order valence-electron chi connectivity index (χ3n) is 5.22. The van der Waals surface area contributed by atoms with Gasteiger partial charge in [-0.1, -0.05) is 18.7 Å². The largest absolute Gasteiger partial charge is 0.486 e. The molecule has 0 saturated heterocycles. The Balaban J connectivity index is 1.30. The van der Waals surface area contributed by atoms with Crippen LogP contribution in [0.4, 0.5) is 5.69 Å². The second-order valence-electron chi connectivity index (χ2n) is 7.41. The number of rotatable bonds is 4. The first-order valence-corrected chi connectivity index (χ1v) is 11.5. The SMILES string of the molecule is C[C@H]1CCc2c(sc3ncnc(SCC(=O)Nc4ccc5c(c4)OCCO5)c23)C1. The Bertz CT molecular complexity index is 1080. The Kier molecular flexibility index (Phi) is 5.05. The van der Waals surface area contributed by atoms with Crippen LogP contribution < -0.4 is 14.8 Å². The number of nitrogens with zero attached hydrogens (tertiary/aromatic N) is 2. The standard InChI is InChI=1S/C21H21N3O3S2/c1-12-2-4-14-17(8-12)29-21-19(14)20(22-11-23-21)28-10-18(25)24-13-3-5-15-16(9-13)27-7-6-26-15/h3,5,9,11-12H,2,4,6-8,10H2,1H3,(H,24,25)/t12-/m0/s1. The molecule has 0 unspecified atom stereocenters. The summed E-state index contributed by atoms with van der Waals surface area (Å²) >= 11 is 3.25. The van der Waals surface area contributed by atoms with Crippen molar-refractivity contribution in [3.8, 4) is 11.5 Å². The quantitative estimate of drug-likeness (QED) is 0.494. The van der Waals surface area contributed by atoms with Crippen LogP contribution in [0, 0.1) is 5.92 Å². The van der Waals surface area contributed by atoms with E-state index >= 15 is 0 Å². The Morgan fingerprint density at radius 2 is 2.14 bits per heavy atom. The van der Waals surface area contributed by atoms with Gasteiger partial charge in [-0.3, -0.25) is 4.79 Å². The lowest BCUT2D eigenvalue weighted by Gasteiger charge is -2.19. The van der Waals surface area contributed by atoms with E-state index in [0.29, 0.717) is 36.2 Å². The van der Waals surface area contributed by atoms with E-state index in [0.717, 1.165) is 34.0 Å². The van der Waals surface area contributed by atoms with Crippen molar-refractivity contribution in [1.29, 1.82) is 0 Å². The van der Waals surface area contributed by atoms with Crippen molar-refractivity contribution >= 4 is 44.9 Å². The van der Waals surface area contributed by atoms with Gasteiger partial charge in [-0.05, 0) is 42.9 Å². The van der Waals surface area contributed by atoms with Crippen LogP contribution in [-0.2, 0) is 17.6 Å². The topological polar surface area (TPSA) is 73.3 Å². The number of ether oxygens (including phenoxy) is 2. The summed E-state index contributed by atoms with van der Waals surface area (Å²) in [4.78, 5) is 23.9. The molecule has 1 aliphatic carbocycles. The van der Waals surface area contributed by atoms with Crippen LogP contribution in [0.25, 0.3) is 10.2 Å². The maximum Gasteiger partial charge on any atom is 0.234 e. The van der Waals surface area contributed by atoms with Gasteiger partial charge >= 0.3 is 0 Å². The van der Waals surface area contributed by atoms with Crippen LogP contribution in [0.3, 0.4) is 0 Å². The molecule has 0 bridgehead atoms. The molecule has 0 fully saturated rings. The van der Waals surface area contributed by atoms with E-state index in [1.165, 1.54) is 28.6 Å². The monoisotopic (exact) mass is 427 g/mol. The molecule has 1 N–H and O–H groups in total. The number of aryl methyl sites for hydroxylation is 1. The van der Waals surface area contributed by atoms with E-state index < -0.39 is 0 Å². The van der Waals surface area contributed by atoms with Gasteiger partial charge in [0.05, 0.1) is 5.75 Å². The molecule has 29 heavy (non-hydrogen) atoms. The van der Waals surface area contributed by atoms with Crippen LogP contribution >= 0.6 is 23.1 Å². The van der Waals surface area contributed by atoms with Gasteiger partial charge in [-0.2, -0.15) is 0 Å². The van der Waals surface area contributed by atoms with Gasteiger partial charge in [0.1, 0.15) is 29.4 Å². The Morgan fingerprint density at radius 1 is 1.28 bits per heavy atom. The number of benzene rings is 1. The number of anilines is 1. The van der Waals surface area contributed by atoms with Crippen molar-refractivity contribution in [2.45, 2.75) is 31.2 Å². The number of thioether (sulfide) groups is 1. The summed E-state index contributed by atoms with van der Waals surface area (Å²) in [6, 6.07) is 5.45. The number of carbonyl (C=O) groups is 1. The van der Waals surface area contributed by atoms with E-state index in [4.69, 9.17) is 9.47 Å². The predicted molar refractivity (Wildman–Crippen MR) is 115 cm³/mol. The maximum atomic E-state index is 12.5. The fraction of sp³-hybridized carbons (Fsp3) is 0.381. The van der Waals surface area contributed by atoms with Gasteiger partial charge in [-0.25, -0.2) is 9.97 Å². The van der Waals surface area contributed by atoms with Gasteiger partial charge in [0, 0.05) is 22.0 Å². The zero-order valence-electron chi connectivity index (χ0n) is 16.1. The molecular formula is C21H21N3O3S2. The Labute approximate surface area is 177 Å². The highest BCUT2D eigenvalue weighted by atomic mass is 32.2. The number of hydrogen-bond acceptors (Lipinski definition) is 7. The number of fused-ring (bicyclic) bond motifs is 4. The van der Waals surface area contributed by atoms with E-state index in [-0.39, 0.29) is 5.91 Å². The molecule has 0 spiro atoms. The first-order chi connectivity index (χ1) is 14.2. The molecule has 1 amide bonds. The first-order valence-electron chi connectivity index (χ1n) is 9.75. The summed E-state index contributed by atoms with van der Waals surface area (Å²) in [5.41, 5.74) is 2.09. The summed E-state index contributed by atoms with van der Waals surface area (Å²) < 4.78 is 11.1. The van der Waals surface area contributed by atoms with Crippen molar-refractivity contribution in [2.24, 2.45) is 5.92 Å². The molecule has 0 saturated carbocycles. The lowest BCUT2D eigenvalue weighted by Crippen LogP contribution is -2.17. The zero-order chi connectivity index (χ0) is 19.8. The molecule has 2 aromatic heterocycles. The number of thiophene rings is 1. The lowest BCUT2D eigenvalue weighted by atomic mass is 9.89. The highest BCUT2D eigenvalue weighted by Gasteiger charge is 2.23. The Morgan fingerprint density at radius 3 is 3.03 bits per heavy atom. The zero-order valence-corrected chi connectivity index (χ0v) is 17.7. The minimum absolute atomic E-state index is 0.0730. The van der Waals surface area contributed by atoms with Gasteiger partial charge in [0.2, 0.25) is 5.91 Å². The molecule has 5 rings (SSSR count). The van der Waals surface area contributed by atoms with Gasteiger partial charge < -0.3 is 14.8 Å². The van der Waals surface area contributed by atoms with Crippen LogP contribution in [0.5, 0.6) is 11.5 Å². The molecule has 3 aromatic rings. The number of carbonyl (C=O) groups excluding carboxylic acids is 1. The first kappa shape index (κ1) is 18.7. The van der Waals surface area contributed by atoms with E-state index in [2.05, 4.69) is 22.2 Å². The van der Waals surface area contributed by atoms with Crippen LogP contribution in [0.15, 0.2) is 29.6 Å². The molecule has 1 aromatic carbocycles. The highest BCUT2D eigenvalue weighted by molar-refractivity contribution is 8.00. The number of hydrogen-bond donors (Lipinski definition) is 1. The molecule has 0 radical (unpaired) electrons. The van der Waals surface area contributed by atoms with Gasteiger partial charge in [0.15, 0.2) is 11.5 Å². The second-order valence-corrected chi connectivity index (χ2v) is 9.45. The van der Waals surface area contributed by atoms with E-state index in [9.17, 15) is 4.79 Å². The molecule has 2 aliphatic rings. The second kappa shape index (κ2) is 7.84. The fourth-order valence-electron chi connectivity index (χ4n) is 3.81. The van der Waals surface area contributed by atoms with Gasteiger partial charge in [-0.15, -0.1) is 11.3 Å². The molecular weight excluding hydrogens is 406 g/mol. The molecule has 1 atom stereocenters. The fourth-order valence-corrected chi connectivity index (χ4v) is 6.05. The Hall–Kier alpha value is -2.32. The number of amides is 1. The van der Waals surface area contributed by atoms with Crippen LogP contribution in [-0.4, -0.2) is 34.8 Å². The maximum absolute atomic E-state index is 12.5. The molecule has 150 valence electrons. The van der Waals surface area contributed by atoms with Crippen molar-refractivity contribution in [3.63, 3.8) is 0 Å². The number of aromatic nitrogens is 2. The smallest absolute Gasteiger partial charge is 0.234 e. The van der Waals surface area contributed by atoms with E-state index in [1.807, 2.05) is 12.1 Å². The molecule has 8 heteroatoms.